The lowest BCUT2D eigenvalue weighted by atomic mass is 9.86. The molecule has 1 aliphatic heterocycles. The van der Waals surface area contributed by atoms with Crippen LogP contribution in [-0.2, 0) is 11.3 Å². The summed E-state index contributed by atoms with van der Waals surface area (Å²) in [6, 6.07) is 2.37. The molecular weight excluding hydrogens is 304 g/mol. The molecule has 1 aromatic rings. The standard InChI is InChI=1S/C18H30N4O2/c1-14-5-3-4-6-17(14)19-18(23)13-22-9-7-21(8-10-22)12-16-11-15(2)24-20-16/h11,14,17H,3-10,12-13H2,1-2H3,(H,19,23). The Kier molecular flexibility index (Phi) is 5.89. The molecule has 2 unspecified atom stereocenters. The smallest absolute Gasteiger partial charge is 0.234 e. The van der Waals surface area contributed by atoms with Crippen molar-refractivity contribution in [2.24, 2.45) is 5.92 Å². The van der Waals surface area contributed by atoms with Crippen molar-refractivity contribution in [1.82, 2.24) is 20.3 Å². The summed E-state index contributed by atoms with van der Waals surface area (Å²) >= 11 is 0. The van der Waals surface area contributed by atoms with Crippen LogP contribution in [0.3, 0.4) is 0 Å². The van der Waals surface area contributed by atoms with Crippen LogP contribution in [0.15, 0.2) is 10.6 Å². The van der Waals surface area contributed by atoms with Gasteiger partial charge in [-0.1, -0.05) is 24.9 Å². The van der Waals surface area contributed by atoms with Gasteiger partial charge < -0.3 is 9.84 Å². The SMILES string of the molecule is Cc1cc(CN2CCN(CC(=O)NC3CCCCC3C)CC2)no1. The van der Waals surface area contributed by atoms with E-state index >= 15 is 0 Å². The van der Waals surface area contributed by atoms with Gasteiger partial charge in [-0.05, 0) is 25.7 Å². The van der Waals surface area contributed by atoms with Gasteiger partial charge >= 0.3 is 0 Å². The van der Waals surface area contributed by atoms with E-state index in [0.29, 0.717) is 18.5 Å². The third kappa shape index (κ3) is 4.80. The fourth-order valence-electron chi connectivity index (χ4n) is 3.81. The Labute approximate surface area is 144 Å². The summed E-state index contributed by atoms with van der Waals surface area (Å²) in [5.74, 6) is 1.66. The van der Waals surface area contributed by atoms with Crippen LogP contribution in [0.25, 0.3) is 0 Å². The molecule has 0 aromatic carbocycles. The lowest BCUT2D eigenvalue weighted by Gasteiger charge is -2.35. The minimum absolute atomic E-state index is 0.189. The Bertz CT molecular complexity index is 537. The van der Waals surface area contributed by atoms with Crippen molar-refractivity contribution in [3.63, 3.8) is 0 Å². The van der Waals surface area contributed by atoms with Crippen molar-refractivity contribution < 1.29 is 9.32 Å². The number of nitrogens with zero attached hydrogens (tertiary/aromatic N) is 3. The molecule has 2 fully saturated rings. The predicted molar refractivity (Wildman–Crippen MR) is 92.5 cm³/mol. The van der Waals surface area contributed by atoms with E-state index < -0.39 is 0 Å². The van der Waals surface area contributed by atoms with Crippen molar-refractivity contribution in [2.45, 2.75) is 52.1 Å². The third-order valence-corrected chi connectivity index (χ3v) is 5.35. The first-order valence-corrected chi connectivity index (χ1v) is 9.26. The van der Waals surface area contributed by atoms with Gasteiger partial charge in [-0.2, -0.15) is 0 Å². The molecule has 1 N–H and O–H groups in total. The Morgan fingerprint density at radius 1 is 1.25 bits per heavy atom. The van der Waals surface area contributed by atoms with E-state index in [4.69, 9.17) is 4.52 Å². The summed E-state index contributed by atoms with van der Waals surface area (Å²) < 4.78 is 5.12. The van der Waals surface area contributed by atoms with Crippen molar-refractivity contribution >= 4 is 5.91 Å². The average molecular weight is 334 g/mol. The number of piperazine rings is 1. The quantitative estimate of drug-likeness (QED) is 0.890. The Hall–Kier alpha value is -1.40. The highest BCUT2D eigenvalue weighted by molar-refractivity contribution is 5.78. The minimum atomic E-state index is 0.189. The fraction of sp³-hybridized carbons (Fsp3) is 0.778. The molecule has 134 valence electrons. The van der Waals surface area contributed by atoms with Gasteiger partial charge in [0.15, 0.2) is 0 Å². The van der Waals surface area contributed by atoms with Crippen LogP contribution < -0.4 is 5.32 Å². The van der Waals surface area contributed by atoms with E-state index in [-0.39, 0.29) is 5.91 Å². The maximum Gasteiger partial charge on any atom is 0.234 e. The van der Waals surface area contributed by atoms with Gasteiger partial charge in [0.25, 0.3) is 0 Å². The lowest BCUT2D eigenvalue weighted by Crippen LogP contribution is -2.51. The molecule has 1 saturated heterocycles. The summed E-state index contributed by atoms with van der Waals surface area (Å²) in [5.41, 5.74) is 0.991. The maximum atomic E-state index is 12.3. The van der Waals surface area contributed by atoms with Crippen LogP contribution in [0.5, 0.6) is 0 Å². The number of hydrogen-bond donors (Lipinski definition) is 1. The van der Waals surface area contributed by atoms with E-state index in [1.54, 1.807) is 0 Å². The lowest BCUT2D eigenvalue weighted by molar-refractivity contribution is -0.124. The predicted octanol–water partition coefficient (Wildman–Crippen LogP) is 1.80. The molecule has 2 heterocycles. The second-order valence-electron chi connectivity index (χ2n) is 7.42. The van der Waals surface area contributed by atoms with Gasteiger partial charge in [0, 0.05) is 44.8 Å². The largest absolute Gasteiger partial charge is 0.361 e. The number of aromatic nitrogens is 1. The van der Waals surface area contributed by atoms with Crippen molar-refractivity contribution in [3.05, 3.63) is 17.5 Å². The number of amides is 1. The van der Waals surface area contributed by atoms with Crippen LogP contribution in [0.2, 0.25) is 0 Å². The van der Waals surface area contributed by atoms with Gasteiger partial charge in [0.1, 0.15) is 5.76 Å². The topological polar surface area (TPSA) is 61.6 Å². The molecule has 6 heteroatoms. The van der Waals surface area contributed by atoms with E-state index in [0.717, 1.165) is 50.6 Å². The highest BCUT2D eigenvalue weighted by atomic mass is 16.5. The van der Waals surface area contributed by atoms with Gasteiger partial charge in [0.05, 0.1) is 12.2 Å². The molecule has 0 radical (unpaired) electrons. The Morgan fingerprint density at radius 2 is 1.96 bits per heavy atom. The minimum Gasteiger partial charge on any atom is -0.361 e. The van der Waals surface area contributed by atoms with Gasteiger partial charge in [-0.25, -0.2) is 0 Å². The van der Waals surface area contributed by atoms with Crippen LogP contribution >= 0.6 is 0 Å². The first-order chi connectivity index (χ1) is 11.6. The molecule has 1 aromatic heterocycles. The van der Waals surface area contributed by atoms with Gasteiger partial charge in [-0.3, -0.25) is 14.6 Å². The Morgan fingerprint density at radius 3 is 2.62 bits per heavy atom. The number of rotatable bonds is 5. The first kappa shape index (κ1) is 17.4. The summed E-state index contributed by atoms with van der Waals surface area (Å²) in [5, 5.41) is 7.31. The second kappa shape index (κ2) is 8.12. The Balaban J connectivity index is 1.37. The highest BCUT2D eigenvalue weighted by Gasteiger charge is 2.25. The molecule has 1 saturated carbocycles. The zero-order valence-corrected chi connectivity index (χ0v) is 15.0. The second-order valence-corrected chi connectivity index (χ2v) is 7.42. The molecule has 1 aliphatic carbocycles. The number of carbonyl (C=O) groups excluding carboxylic acids is 1. The molecular formula is C18H30N4O2. The van der Waals surface area contributed by atoms with Crippen LogP contribution in [0.4, 0.5) is 0 Å². The molecule has 0 bridgehead atoms. The van der Waals surface area contributed by atoms with E-state index in [1.165, 1.54) is 19.3 Å². The maximum absolute atomic E-state index is 12.3. The average Bonchev–Trinajstić information content (AvgIpc) is 2.96. The summed E-state index contributed by atoms with van der Waals surface area (Å²) in [6.07, 6.45) is 4.93. The van der Waals surface area contributed by atoms with Gasteiger partial charge in [0.2, 0.25) is 5.91 Å². The van der Waals surface area contributed by atoms with Crippen molar-refractivity contribution in [2.75, 3.05) is 32.7 Å². The summed E-state index contributed by atoms with van der Waals surface area (Å²) in [6.45, 7) is 9.35. The monoisotopic (exact) mass is 334 g/mol. The highest BCUT2D eigenvalue weighted by Crippen LogP contribution is 2.23. The third-order valence-electron chi connectivity index (χ3n) is 5.35. The molecule has 24 heavy (non-hydrogen) atoms. The number of aryl methyl sites for hydroxylation is 1. The number of carbonyl (C=O) groups is 1. The summed E-state index contributed by atoms with van der Waals surface area (Å²) in [7, 11) is 0. The molecule has 0 spiro atoms. The van der Waals surface area contributed by atoms with E-state index in [9.17, 15) is 4.79 Å². The van der Waals surface area contributed by atoms with Crippen LogP contribution in [0.1, 0.15) is 44.1 Å². The first-order valence-electron chi connectivity index (χ1n) is 9.26. The fourth-order valence-corrected chi connectivity index (χ4v) is 3.81. The number of hydrogen-bond acceptors (Lipinski definition) is 5. The zero-order chi connectivity index (χ0) is 16.9. The van der Waals surface area contributed by atoms with Crippen molar-refractivity contribution in [3.8, 4) is 0 Å². The van der Waals surface area contributed by atoms with E-state index in [2.05, 4.69) is 27.2 Å². The van der Waals surface area contributed by atoms with Crippen molar-refractivity contribution in [1.29, 1.82) is 0 Å². The van der Waals surface area contributed by atoms with Crippen LogP contribution in [-0.4, -0.2) is 59.6 Å². The molecule has 2 atom stereocenters. The van der Waals surface area contributed by atoms with Gasteiger partial charge in [-0.15, -0.1) is 0 Å². The van der Waals surface area contributed by atoms with Crippen LogP contribution in [0, 0.1) is 12.8 Å². The molecule has 6 nitrogen and oxygen atoms in total. The number of nitrogens with one attached hydrogen (secondary N) is 1. The zero-order valence-electron chi connectivity index (χ0n) is 15.0. The van der Waals surface area contributed by atoms with E-state index in [1.807, 2.05) is 13.0 Å². The molecule has 3 rings (SSSR count). The summed E-state index contributed by atoms with van der Waals surface area (Å²) in [4.78, 5) is 16.9. The molecule has 1 amide bonds. The molecule has 2 aliphatic rings. The normalized spacial score (nSPS) is 26.4.